The van der Waals surface area contributed by atoms with Crippen molar-refractivity contribution < 1.29 is 23.7 Å². The minimum atomic E-state index is -0.787. The lowest BCUT2D eigenvalue weighted by atomic mass is 10.2. The van der Waals surface area contributed by atoms with Gasteiger partial charge in [-0.25, -0.2) is 4.79 Å². The summed E-state index contributed by atoms with van der Waals surface area (Å²) in [6.45, 7) is 1.64. The molecule has 0 aliphatic heterocycles. The van der Waals surface area contributed by atoms with Crippen molar-refractivity contribution in [3.8, 4) is 23.3 Å². The van der Waals surface area contributed by atoms with Gasteiger partial charge in [0.05, 0.1) is 25.9 Å². The van der Waals surface area contributed by atoms with Gasteiger partial charge in [-0.3, -0.25) is 0 Å². The normalized spacial score (nSPS) is 11.1. The third-order valence-electron chi connectivity index (χ3n) is 3.49. The Kier molecular flexibility index (Phi) is 6.24. The van der Waals surface area contributed by atoms with Crippen LogP contribution in [0.4, 0.5) is 0 Å². The van der Waals surface area contributed by atoms with E-state index in [1.807, 2.05) is 6.07 Å². The highest BCUT2D eigenvalue weighted by molar-refractivity contribution is 5.74. The molecule has 0 spiro atoms. The fourth-order valence-corrected chi connectivity index (χ4v) is 2.12. The van der Waals surface area contributed by atoms with E-state index < -0.39 is 12.1 Å². The van der Waals surface area contributed by atoms with Crippen LogP contribution < -0.4 is 14.2 Å². The van der Waals surface area contributed by atoms with E-state index in [0.717, 1.165) is 0 Å². The molecular weight excluding hydrogens is 322 g/mol. The first-order valence-corrected chi connectivity index (χ1v) is 7.61. The molecule has 0 aliphatic rings. The fraction of sp³-hybridized carbons (Fsp3) is 0.263. The quantitative estimate of drug-likeness (QED) is 0.720. The molecule has 6 heteroatoms. The van der Waals surface area contributed by atoms with Crippen molar-refractivity contribution >= 4 is 5.97 Å². The van der Waals surface area contributed by atoms with Crippen LogP contribution in [0.1, 0.15) is 18.1 Å². The molecule has 0 N–H and O–H groups in total. The third-order valence-corrected chi connectivity index (χ3v) is 3.49. The highest BCUT2D eigenvalue weighted by Gasteiger charge is 2.17. The Balaban J connectivity index is 1.96. The Morgan fingerprint density at radius 3 is 2.36 bits per heavy atom. The van der Waals surface area contributed by atoms with Gasteiger partial charge in [0.15, 0.2) is 6.10 Å². The lowest BCUT2D eigenvalue weighted by Crippen LogP contribution is -2.26. The van der Waals surface area contributed by atoms with Gasteiger partial charge < -0.3 is 18.9 Å². The van der Waals surface area contributed by atoms with Crippen LogP contribution in [0.15, 0.2) is 42.5 Å². The van der Waals surface area contributed by atoms with Crippen LogP contribution in [-0.2, 0) is 16.1 Å². The van der Waals surface area contributed by atoms with Gasteiger partial charge in [0, 0.05) is 5.56 Å². The van der Waals surface area contributed by atoms with Crippen molar-refractivity contribution in [2.24, 2.45) is 0 Å². The van der Waals surface area contributed by atoms with E-state index >= 15 is 0 Å². The standard InChI is InChI=1S/C19H19NO5/c1-13(25-16-6-4-14(11-20)5-7-16)19(21)24-12-15-10-17(22-2)8-9-18(15)23-3/h4-10,13H,12H2,1-3H3/t13-/m0/s1. The number of carbonyl (C=O) groups is 1. The lowest BCUT2D eigenvalue weighted by Gasteiger charge is -2.15. The first kappa shape index (κ1) is 18.1. The topological polar surface area (TPSA) is 77.8 Å². The molecule has 0 bridgehead atoms. The van der Waals surface area contributed by atoms with E-state index in [2.05, 4.69) is 0 Å². The Morgan fingerprint density at radius 2 is 1.76 bits per heavy atom. The van der Waals surface area contributed by atoms with E-state index in [9.17, 15) is 4.79 Å². The monoisotopic (exact) mass is 341 g/mol. The molecular formula is C19H19NO5. The summed E-state index contributed by atoms with van der Waals surface area (Å²) >= 11 is 0. The zero-order chi connectivity index (χ0) is 18.2. The molecule has 0 saturated carbocycles. The summed E-state index contributed by atoms with van der Waals surface area (Å²) < 4.78 is 21.2. The summed E-state index contributed by atoms with van der Waals surface area (Å²) in [4.78, 5) is 12.1. The van der Waals surface area contributed by atoms with Gasteiger partial charge in [-0.15, -0.1) is 0 Å². The van der Waals surface area contributed by atoms with Gasteiger partial charge >= 0.3 is 5.97 Å². The molecule has 130 valence electrons. The highest BCUT2D eigenvalue weighted by atomic mass is 16.6. The number of rotatable bonds is 7. The minimum absolute atomic E-state index is 0.0419. The zero-order valence-electron chi connectivity index (χ0n) is 14.3. The Bertz CT molecular complexity index is 764. The number of methoxy groups -OCH3 is 2. The zero-order valence-corrected chi connectivity index (χ0v) is 14.3. The summed E-state index contributed by atoms with van der Waals surface area (Å²) in [6.07, 6.45) is -0.787. The molecule has 0 unspecified atom stereocenters. The minimum Gasteiger partial charge on any atom is -0.497 e. The summed E-state index contributed by atoms with van der Waals surface area (Å²) in [6, 6.07) is 13.8. The summed E-state index contributed by atoms with van der Waals surface area (Å²) in [7, 11) is 3.11. The number of nitrogens with zero attached hydrogens (tertiary/aromatic N) is 1. The largest absolute Gasteiger partial charge is 0.497 e. The summed E-state index contributed by atoms with van der Waals surface area (Å²) in [5.41, 5.74) is 1.22. The van der Waals surface area contributed by atoms with Crippen LogP contribution in [0.2, 0.25) is 0 Å². The maximum absolute atomic E-state index is 12.1. The molecule has 25 heavy (non-hydrogen) atoms. The second-order valence-electron chi connectivity index (χ2n) is 5.18. The number of esters is 1. The van der Waals surface area contributed by atoms with Crippen LogP contribution in [0.25, 0.3) is 0 Å². The number of carbonyl (C=O) groups excluding carboxylic acids is 1. The SMILES string of the molecule is COc1ccc(OC)c(COC(=O)[C@H](C)Oc2ccc(C#N)cc2)c1. The first-order valence-electron chi connectivity index (χ1n) is 7.61. The van der Waals surface area contributed by atoms with Crippen LogP contribution >= 0.6 is 0 Å². The molecule has 0 fully saturated rings. The van der Waals surface area contributed by atoms with Gasteiger partial charge in [-0.05, 0) is 49.4 Å². The molecule has 0 aromatic heterocycles. The smallest absolute Gasteiger partial charge is 0.347 e. The number of hydrogen-bond donors (Lipinski definition) is 0. The van der Waals surface area contributed by atoms with E-state index in [-0.39, 0.29) is 6.61 Å². The van der Waals surface area contributed by atoms with Crippen LogP contribution in [0, 0.1) is 11.3 Å². The number of benzene rings is 2. The Labute approximate surface area is 146 Å². The first-order chi connectivity index (χ1) is 12.1. The molecule has 0 aliphatic carbocycles. The second-order valence-corrected chi connectivity index (χ2v) is 5.18. The van der Waals surface area contributed by atoms with Crippen LogP contribution in [0.5, 0.6) is 17.2 Å². The van der Waals surface area contributed by atoms with E-state index in [4.69, 9.17) is 24.2 Å². The molecule has 6 nitrogen and oxygen atoms in total. The van der Waals surface area contributed by atoms with Gasteiger partial charge in [-0.1, -0.05) is 0 Å². The maximum Gasteiger partial charge on any atom is 0.347 e. The van der Waals surface area contributed by atoms with Gasteiger partial charge in [0.1, 0.15) is 23.9 Å². The average Bonchev–Trinajstić information content (AvgIpc) is 2.66. The fourth-order valence-electron chi connectivity index (χ4n) is 2.12. The van der Waals surface area contributed by atoms with Gasteiger partial charge in [0.2, 0.25) is 0 Å². The molecule has 2 aromatic rings. The van der Waals surface area contributed by atoms with E-state index in [1.165, 1.54) is 0 Å². The lowest BCUT2D eigenvalue weighted by molar-refractivity contribution is -0.152. The number of hydrogen-bond acceptors (Lipinski definition) is 6. The van der Waals surface area contributed by atoms with E-state index in [0.29, 0.717) is 28.4 Å². The molecule has 1 atom stereocenters. The molecule has 0 heterocycles. The average molecular weight is 341 g/mol. The molecule has 0 saturated heterocycles. The number of ether oxygens (including phenoxy) is 4. The van der Waals surface area contributed by atoms with Crippen molar-refractivity contribution in [3.63, 3.8) is 0 Å². The van der Waals surface area contributed by atoms with E-state index in [1.54, 1.807) is 63.6 Å². The van der Waals surface area contributed by atoms with Crippen LogP contribution in [-0.4, -0.2) is 26.3 Å². The Morgan fingerprint density at radius 1 is 1.08 bits per heavy atom. The molecule has 0 radical (unpaired) electrons. The number of nitriles is 1. The van der Waals surface area contributed by atoms with Crippen molar-refractivity contribution in [1.82, 2.24) is 0 Å². The third kappa shape index (κ3) is 4.88. The van der Waals surface area contributed by atoms with Crippen molar-refractivity contribution in [2.75, 3.05) is 14.2 Å². The van der Waals surface area contributed by atoms with Gasteiger partial charge in [-0.2, -0.15) is 5.26 Å². The van der Waals surface area contributed by atoms with Crippen molar-refractivity contribution in [3.05, 3.63) is 53.6 Å². The second kappa shape index (κ2) is 8.60. The Hall–Kier alpha value is -3.20. The summed E-state index contributed by atoms with van der Waals surface area (Å²) in [5.74, 6) is 1.24. The molecule has 0 amide bonds. The van der Waals surface area contributed by atoms with Crippen molar-refractivity contribution in [2.45, 2.75) is 19.6 Å². The highest BCUT2D eigenvalue weighted by Crippen LogP contribution is 2.25. The summed E-state index contributed by atoms with van der Waals surface area (Å²) in [5, 5.41) is 8.77. The predicted molar refractivity (Wildman–Crippen MR) is 90.6 cm³/mol. The molecule has 2 aromatic carbocycles. The molecule has 2 rings (SSSR count). The van der Waals surface area contributed by atoms with Crippen molar-refractivity contribution in [1.29, 1.82) is 5.26 Å². The predicted octanol–water partition coefficient (Wildman–Crippen LogP) is 3.09. The van der Waals surface area contributed by atoms with Crippen LogP contribution in [0.3, 0.4) is 0 Å². The maximum atomic E-state index is 12.1. The van der Waals surface area contributed by atoms with Gasteiger partial charge in [0.25, 0.3) is 0 Å².